The van der Waals surface area contributed by atoms with E-state index in [1.54, 1.807) is 0 Å². The van der Waals surface area contributed by atoms with E-state index in [2.05, 4.69) is 23.6 Å². The van der Waals surface area contributed by atoms with Crippen molar-refractivity contribution in [2.45, 2.75) is 44.3 Å². The molecule has 2 heteroatoms. The van der Waals surface area contributed by atoms with Crippen molar-refractivity contribution >= 4 is 21.6 Å². The maximum absolute atomic E-state index is 5.32. The molecule has 0 nitrogen and oxygen atoms in total. The molecule has 0 aromatic heterocycles. The lowest BCUT2D eigenvalue weighted by Gasteiger charge is -2.07. The van der Waals surface area contributed by atoms with E-state index in [1.807, 2.05) is 10.8 Å². The van der Waals surface area contributed by atoms with E-state index in [0.717, 1.165) is 5.25 Å². The van der Waals surface area contributed by atoms with Crippen molar-refractivity contribution in [1.82, 2.24) is 0 Å². The van der Waals surface area contributed by atoms with Crippen molar-refractivity contribution < 1.29 is 0 Å². The summed E-state index contributed by atoms with van der Waals surface area (Å²) in [5, 5.41) is 0.936. The van der Waals surface area contributed by atoms with Crippen molar-refractivity contribution in [3.05, 3.63) is 0 Å². The highest BCUT2D eigenvalue weighted by Gasteiger charge is 2.15. The molecule has 0 radical (unpaired) electrons. The van der Waals surface area contributed by atoms with Gasteiger partial charge in [0.1, 0.15) is 0 Å². The Kier molecular flexibility index (Phi) is 5.82. The molecule has 0 aromatic rings. The average Bonchev–Trinajstić information content (AvgIpc) is 2.64. The van der Waals surface area contributed by atoms with Crippen LogP contribution in [0.3, 0.4) is 0 Å². The Morgan fingerprint density at radius 2 is 2.38 bits per heavy atom. The van der Waals surface area contributed by atoms with E-state index in [4.69, 9.17) is 6.42 Å². The summed E-state index contributed by atoms with van der Waals surface area (Å²) in [4.78, 5) is 0. The molecule has 0 spiro atoms. The molecule has 0 bridgehead atoms. The number of hydrogen-bond acceptors (Lipinski definition) is 2. The first-order valence-corrected chi connectivity index (χ1v) is 7.45. The Morgan fingerprint density at radius 3 is 3.00 bits per heavy atom. The lowest BCUT2D eigenvalue weighted by Crippen LogP contribution is -1.98. The highest BCUT2D eigenvalue weighted by molar-refractivity contribution is 8.77. The summed E-state index contributed by atoms with van der Waals surface area (Å²) in [6.07, 6.45) is 12.0. The fraction of sp³-hybridized carbons (Fsp3) is 0.818. The topological polar surface area (TPSA) is 0 Å². The van der Waals surface area contributed by atoms with Gasteiger partial charge in [0, 0.05) is 16.9 Å². The summed E-state index contributed by atoms with van der Waals surface area (Å²) >= 11 is 0. The van der Waals surface area contributed by atoms with Crippen molar-refractivity contribution in [2.75, 3.05) is 5.75 Å². The summed E-state index contributed by atoms with van der Waals surface area (Å²) < 4.78 is 0. The van der Waals surface area contributed by atoms with Crippen LogP contribution >= 0.6 is 21.6 Å². The monoisotopic (exact) mass is 214 g/mol. The molecule has 0 aromatic carbocycles. The molecule has 1 fully saturated rings. The number of unbranched alkanes of at least 4 members (excludes halogenated alkanes) is 1. The van der Waals surface area contributed by atoms with Gasteiger partial charge in [-0.1, -0.05) is 41.4 Å². The SMILES string of the molecule is C#CC(C)CCCCC1CCSS1. The Morgan fingerprint density at radius 1 is 1.54 bits per heavy atom. The van der Waals surface area contributed by atoms with Gasteiger partial charge in [0.05, 0.1) is 0 Å². The second-order valence-corrected chi connectivity index (χ2v) is 6.47. The summed E-state index contributed by atoms with van der Waals surface area (Å²) in [5.41, 5.74) is 0. The van der Waals surface area contributed by atoms with Gasteiger partial charge in [-0.15, -0.1) is 12.3 Å². The van der Waals surface area contributed by atoms with Gasteiger partial charge < -0.3 is 0 Å². The average molecular weight is 214 g/mol. The quantitative estimate of drug-likeness (QED) is 0.386. The fourth-order valence-electron chi connectivity index (χ4n) is 1.47. The van der Waals surface area contributed by atoms with Crippen molar-refractivity contribution in [3.63, 3.8) is 0 Å². The lowest BCUT2D eigenvalue weighted by molar-refractivity contribution is 0.567. The van der Waals surface area contributed by atoms with Crippen LogP contribution in [0.25, 0.3) is 0 Å². The predicted octanol–water partition coefficient (Wildman–Crippen LogP) is 3.97. The van der Waals surface area contributed by atoms with Crippen molar-refractivity contribution in [2.24, 2.45) is 5.92 Å². The summed E-state index contributed by atoms with van der Waals surface area (Å²) in [6.45, 7) is 2.14. The maximum Gasteiger partial charge on any atom is 0.0171 e. The van der Waals surface area contributed by atoms with Gasteiger partial charge in [0.25, 0.3) is 0 Å². The Bertz CT molecular complexity index is 165. The molecule has 2 atom stereocenters. The Balaban J connectivity index is 1.92. The van der Waals surface area contributed by atoms with Crippen LogP contribution in [0.4, 0.5) is 0 Å². The van der Waals surface area contributed by atoms with Crippen LogP contribution in [0, 0.1) is 18.3 Å². The first-order chi connectivity index (χ1) is 6.33. The third kappa shape index (κ3) is 4.88. The minimum Gasteiger partial charge on any atom is -0.120 e. The summed E-state index contributed by atoms with van der Waals surface area (Å²) in [5.74, 6) is 4.62. The van der Waals surface area contributed by atoms with Crippen LogP contribution in [0.1, 0.15) is 39.0 Å². The zero-order valence-corrected chi connectivity index (χ0v) is 9.92. The highest BCUT2D eigenvalue weighted by atomic mass is 33.1. The van der Waals surface area contributed by atoms with Crippen LogP contribution < -0.4 is 0 Å². The Labute approximate surface area is 90.0 Å². The molecule has 1 aliphatic heterocycles. The van der Waals surface area contributed by atoms with Gasteiger partial charge in [-0.25, -0.2) is 0 Å². The standard InChI is InChI=1S/C11H18S2/c1-3-10(2)6-4-5-7-11-8-9-12-13-11/h1,10-11H,4-9H2,2H3. The third-order valence-electron chi connectivity index (χ3n) is 2.43. The van der Waals surface area contributed by atoms with Gasteiger partial charge in [-0.2, -0.15) is 0 Å². The lowest BCUT2D eigenvalue weighted by atomic mass is 10.0. The van der Waals surface area contributed by atoms with E-state index in [9.17, 15) is 0 Å². The number of hydrogen-bond donors (Lipinski definition) is 0. The van der Waals surface area contributed by atoms with E-state index in [-0.39, 0.29) is 0 Å². The highest BCUT2D eigenvalue weighted by Crippen LogP contribution is 2.39. The van der Waals surface area contributed by atoms with Gasteiger partial charge in [0.2, 0.25) is 0 Å². The van der Waals surface area contributed by atoms with Gasteiger partial charge in [0.15, 0.2) is 0 Å². The minimum atomic E-state index is 0.477. The third-order valence-corrected chi connectivity index (χ3v) is 5.43. The number of terminal acetylenes is 1. The molecule has 0 amide bonds. The second-order valence-electron chi connectivity index (χ2n) is 3.68. The summed E-state index contributed by atoms with van der Waals surface area (Å²) in [7, 11) is 4.12. The van der Waals surface area contributed by atoms with E-state index >= 15 is 0 Å². The largest absolute Gasteiger partial charge is 0.120 e. The van der Waals surface area contributed by atoms with Gasteiger partial charge >= 0.3 is 0 Å². The minimum absolute atomic E-state index is 0.477. The van der Waals surface area contributed by atoms with Crippen LogP contribution in [0.5, 0.6) is 0 Å². The van der Waals surface area contributed by atoms with Crippen LogP contribution in [0.15, 0.2) is 0 Å². The van der Waals surface area contributed by atoms with Gasteiger partial charge in [-0.3, -0.25) is 0 Å². The van der Waals surface area contributed by atoms with Crippen LogP contribution in [0.2, 0.25) is 0 Å². The fourth-order valence-corrected chi connectivity index (χ4v) is 4.50. The zero-order valence-electron chi connectivity index (χ0n) is 8.29. The molecular weight excluding hydrogens is 196 g/mol. The molecule has 1 saturated heterocycles. The molecule has 0 saturated carbocycles. The van der Waals surface area contributed by atoms with Crippen molar-refractivity contribution in [1.29, 1.82) is 0 Å². The molecule has 13 heavy (non-hydrogen) atoms. The molecule has 2 unspecified atom stereocenters. The molecule has 1 aliphatic rings. The predicted molar refractivity (Wildman–Crippen MR) is 64.9 cm³/mol. The molecular formula is C11H18S2. The van der Waals surface area contributed by atoms with Gasteiger partial charge in [-0.05, 0) is 19.3 Å². The first kappa shape index (κ1) is 11.3. The first-order valence-electron chi connectivity index (χ1n) is 5.07. The van der Waals surface area contributed by atoms with E-state index < -0.39 is 0 Å². The molecule has 1 rings (SSSR count). The van der Waals surface area contributed by atoms with Crippen LogP contribution in [-0.2, 0) is 0 Å². The molecule has 0 aliphatic carbocycles. The maximum atomic E-state index is 5.32. The number of rotatable bonds is 5. The van der Waals surface area contributed by atoms with Crippen LogP contribution in [-0.4, -0.2) is 11.0 Å². The zero-order chi connectivity index (χ0) is 9.52. The molecule has 0 N–H and O–H groups in total. The van der Waals surface area contributed by atoms with E-state index in [0.29, 0.717) is 5.92 Å². The van der Waals surface area contributed by atoms with Crippen molar-refractivity contribution in [3.8, 4) is 12.3 Å². The summed E-state index contributed by atoms with van der Waals surface area (Å²) in [6, 6.07) is 0. The molecule has 74 valence electrons. The smallest absolute Gasteiger partial charge is 0.0171 e. The Hall–Kier alpha value is 0.260. The molecule has 1 heterocycles. The van der Waals surface area contributed by atoms with E-state index in [1.165, 1.54) is 37.9 Å². The normalized spacial score (nSPS) is 24.2. The second kappa shape index (κ2) is 6.68.